The molecule has 0 aromatic heterocycles. The van der Waals surface area contributed by atoms with Gasteiger partial charge >= 0.3 is 6.09 Å². The Balaban J connectivity index is 1.28. The van der Waals surface area contributed by atoms with Gasteiger partial charge in [0.1, 0.15) is 0 Å². The Kier molecular flexibility index (Phi) is 14.7. The minimum atomic E-state index is -0.346. The summed E-state index contributed by atoms with van der Waals surface area (Å²) in [5, 5.41) is 2.74. The predicted molar refractivity (Wildman–Crippen MR) is 124 cm³/mol. The van der Waals surface area contributed by atoms with Crippen molar-refractivity contribution in [1.29, 1.82) is 0 Å². The molecule has 9 heteroatoms. The van der Waals surface area contributed by atoms with E-state index in [9.17, 15) is 9.59 Å². The summed E-state index contributed by atoms with van der Waals surface area (Å²) in [7, 11) is 0. The third kappa shape index (κ3) is 13.0. The van der Waals surface area contributed by atoms with Crippen LogP contribution in [0.1, 0.15) is 44.9 Å². The van der Waals surface area contributed by atoms with Gasteiger partial charge in [0.15, 0.2) is 3.79 Å². The quantitative estimate of drug-likeness (QED) is 0.167. The summed E-state index contributed by atoms with van der Waals surface area (Å²) >= 11 is 1.76. The fraction of sp³-hybridized carbons (Fsp3) is 0.909. The maximum atomic E-state index is 11.8. The molecule has 0 heterocycles. The summed E-state index contributed by atoms with van der Waals surface area (Å²) < 4.78 is 27.0. The van der Waals surface area contributed by atoms with Crippen LogP contribution in [0.15, 0.2) is 0 Å². The van der Waals surface area contributed by atoms with Crippen molar-refractivity contribution in [2.45, 2.75) is 44.9 Å². The minimum absolute atomic E-state index is 0.0984. The molecular weight excluding hydrogens is 517 g/mol. The Bertz CT molecular complexity index is 494. The predicted octanol–water partition coefficient (Wildman–Crippen LogP) is 3.35. The van der Waals surface area contributed by atoms with E-state index in [4.69, 9.17) is 23.7 Å². The number of alkyl carbamates (subject to hydrolysis) is 1. The molecule has 1 amide bonds. The van der Waals surface area contributed by atoms with Crippen molar-refractivity contribution in [3.8, 4) is 0 Å². The number of hydrogen-bond acceptors (Lipinski definition) is 7. The van der Waals surface area contributed by atoms with Crippen LogP contribution in [0.5, 0.6) is 0 Å². The Hall–Kier alpha value is -0.490. The highest BCUT2D eigenvalue weighted by molar-refractivity contribution is 14.1. The first-order valence-corrected chi connectivity index (χ1v) is 12.7. The van der Waals surface area contributed by atoms with Crippen molar-refractivity contribution in [3.63, 3.8) is 0 Å². The SMILES string of the molecule is O=C(I)CCOCCOCCOCCOCCNC(=O)OC[C@@H]1[C@@H]2CCCCCC[C@@H]21. The lowest BCUT2D eigenvalue weighted by Crippen LogP contribution is -2.29. The van der Waals surface area contributed by atoms with Gasteiger partial charge in [0, 0.05) is 13.0 Å². The van der Waals surface area contributed by atoms with Gasteiger partial charge in [-0.25, -0.2) is 4.79 Å². The highest BCUT2D eigenvalue weighted by atomic mass is 127. The van der Waals surface area contributed by atoms with E-state index in [1.54, 1.807) is 22.6 Å². The number of amides is 1. The number of carbonyl (C=O) groups excluding carboxylic acids is 2. The first-order valence-electron chi connectivity index (χ1n) is 11.6. The van der Waals surface area contributed by atoms with Gasteiger partial charge in [0.25, 0.3) is 0 Å². The van der Waals surface area contributed by atoms with E-state index in [0.29, 0.717) is 78.3 Å². The average molecular weight is 555 g/mol. The fourth-order valence-electron chi connectivity index (χ4n) is 4.10. The van der Waals surface area contributed by atoms with E-state index in [-0.39, 0.29) is 9.88 Å². The molecule has 31 heavy (non-hydrogen) atoms. The number of hydrogen-bond donors (Lipinski definition) is 1. The largest absolute Gasteiger partial charge is 0.449 e. The molecular formula is C22H38INO7. The zero-order chi connectivity index (χ0) is 22.2. The van der Waals surface area contributed by atoms with E-state index in [2.05, 4.69) is 5.32 Å². The van der Waals surface area contributed by atoms with E-state index >= 15 is 0 Å². The maximum absolute atomic E-state index is 11.8. The normalized spacial score (nSPS) is 22.8. The molecule has 1 N–H and O–H groups in total. The van der Waals surface area contributed by atoms with E-state index in [1.807, 2.05) is 0 Å². The molecule has 2 aliphatic carbocycles. The Morgan fingerprint density at radius 3 is 1.81 bits per heavy atom. The van der Waals surface area contributed by atoms with Gasteiger partial charge < -0.3 is 29.0 Å². The molecule has 2 rings (SSSR count). The number of halogens is 1. The lowest BCUT2D eigenvalue weighted by molar-refractivity contribution is -0.110. The van der Waals surface area contributed by atoms with Crippen LogP contribution in [0.25, 0.3) is 0 Å². The minimum Gasteiger partial charge on any atom is -0.449 e. The molecule has 2 fully saturated rings. The summed E-state index contributed by atoms with van der Waals surface area (Å²) in [6.07, 6.45) is 8.07. The summed E-state index contributed by atoms with van der Waals surface area (Å²) in [5.41, 5.74) is 0. The van der Waals surface area contributed by atoms with Gasteiger partial charge in [0.2, 0.25) is 0 Å². The van der Waals surface area contributed by atoms with Gasteiger partial charge in [-0.15, -0.1) is 0 Å². The van der Waals surface area contributed by atoms with Crippen LogP contribution >= 0.6 is 22.6 Å². The van der Waals surface area contributed by atoms with Crippen molar-refractivity contribution in [3.05, 3.63) is 0 Å². The molecule has 0 aromatic rings. The number of rotatable bonds is 17. The first kappa shape index (κ1) is 26.8. The summed E-state index contributed by atoms with van der Waals surface area (Å²) in [4.78, 5) is 22.5. The van der Waals surface area contributed by atoms with Crippen molar-refractivity contribution >= 4 is 32.5 Å². The van der Waals surface area contributed by atoms with Crippen LogP contribution in [-0.4, -0.2) is 75.9 Å². The number of fused-ring (bicyclic) bond motifs is 1. The monoisotopic (exact) mass is 555 g/mol. The Labute approximate surface area is 199 Å². The van der Waals surface area contributed by atoms with E-state index in [1.165, 1.54) is 38.5 Å². The van der Waals surface area contributed by atoms with Crippen LogP contribution in [0, 0.1) is 17.8 Å². The molecule has 8 nitrogen and oxygen atoms in total. The van der Waals surface area contributed by atoms with Crippen molar-refractivity contribution < 1.29 is 33.3 Å². The van der Waals surface area contributed by atoms with Gasteiger partial charge in [-0.1, -0.05) is 25.7 Å². The Morgan fingerprint density at radius 1 is 0.742 bits per heavy atom. The Morgan fingerprint density at radius 2 is 1.26 bits per heavy atom. The smallest absolute Gasteiger partial charge is 0.407 e. The number of nitrogens with one attached hydrogen (secondary N) is 1. The van der Waals surface area contributed by atoms with Crippen molar-refractivity contribution in [2.24, 2.45) is 17.8 Å². The van der Waals surface area contributed by atoms with Gasteiger partial charge in [-0.3, -0.25) is 4.79 Å². The molecule has 3 atom stereocenters. The van der Waals surface area contributed by atoms with E-state index < -0.39 is 0 Å². The molecule has 0 aliphatic heterocycles. The number of carbonyl (C=O) groups is 2. The summed E-state index contributed by atoms with van der Waals surface area (Å²) in [5.74, 6) is 2.15. The summed E-state index contributed by atoms with van der Waals surface area (Å²) in [6.45, 7) is 4.75. The lowest BCUT2D eigenvalue weighted by Gasteiger charge is -2.08. The van der Waals surface area contributed by atoms with Crippen LogP contribution in [0.3, 0.4) is 0 Å². The molecule has 0 saturated heterocycles. The summed E-state index contributed by atoms with van der Waals surface area (Å²) in [6, 6.07) is 0. The second kappa shape index (κ2) is 17.0. The first-order chi connectivity index (χ1) is 15.2. The van der Waals surface area contributed by atoms with Crippen molar-refractivity contribution in [2.75, 3.05) is 66.0 Å². The second-order valence-electron chi connectivity index (χ2n) is 8.06. The average Bonchev–Trinajstić information content (AvgIpc) is 3.38. The highest BCUT2D eigenvalue weighted by Crippen LogP contribution is 2.53. The standard InChI is InChI=1S/C22H38INO7/c23-21(25)7-9-27-11-13-29-15-16-30-14-12-28-10-8-24-22(26)31-17-20-18-5-3-1-2-4-6-19(18)20/h18-20H,1-17H2,(H,24,26)/t18-,19+,20-. The van der Waals surface area contributed by atoms with Crippen LogP contribution in [0.2, 0.25) is 0 Å². The van der Waals surface area contributed by atoms with Crippen molar-refractivity contribution in [1.82, 2.24) is 5.32 Å². The topological polar surface area (TPSA) is 92.3 Å². The van der Waals surface area contributed by atoms with Crippen LogP contribution in [0.4, 0.5) is 4.79 Å². The molecule has 0 bridgehead atoms. The van der Waals surface area contributed by atoms with Crippen LogP contribution in [-0.2, 0) is 28.5 Å². The molecule has 0 aromatic carbocycles. The van der Waals surface area contributed by atoms with Crippen LogP contribution < -0.4 is 5.32 Å². The van der Waals surface area contributed by atoms with Gasteiger partial charge in [0.05, 0.1) is 59.5 Å². The molecule has 180 valence electrons. The lowest BCUT2D eigenvalue weighted by atomic mass is 10.0. The highest BCUT2D eigenvalue weighted by Gasteiger charge is 2.49. The number of ether oxygens (including phenoxy) is 5. The third-order valence-electron chi connectivity index (χ3n) is 5.82. The third-order valence-corrected chi connectivity index (χ3v) is 6.35. The van der Waals surface area contributed by atoms with Gasteiger partial charge in [-0.2, -0.15) is 0 Å². The molecule has 2 aliphatic rings. The second-order valence-corrected chi connectivity index (χ2v) is 9.27. The fourth-order valence-corrected chi connectivity index (χ4v) is 4.32. The molecule has 0 spiro atoms. The van der Waals surface area contributed by atoms with E-state index in [0.717, 1.165) is 11.8 Å². The maximum Gasteiger partial charge on any atom is 0.407 e. The molecule has 0 radical (unpaired) electrons. The molecule has 0 unspecified atom stereocenters. The zero-order valence-electron chi connectivity index (χ0n) is 18.5. The molecule has 2 saturated carbocycles. The van der Waals surface area contributed by atoms with Gasteiger partial charge in [-0.05, 0) is 53.2 Å². The zero-order valence-corrected chi connectivity index (χ0v) is 20.6.